The van der Waals surface area contributed by atoms with Crippen LogP contribution in [0.5, 0.6) is 0 Å². The molecule has 3 aromatic rings. The molecule has 2 heterocycles. The van der Waals surface area contributed by atoms with Crippen LogP contribution in [0, 0.1) is 0 Å². The minimum atomic E-state index is -3.66. The lowest BCUT2D eigenvalue weighted by Crippen LogP contribution is -2.40. The molecule has 0 amide bonds. The second-order valence-corrected chi connectivity index (χ2v) is 8.09. The highest BCUT2D eigenvalue weighted by Gasteiger charge is 2.34. The first kappa shape index (κ1) is 16.2. The monoisotopic (exact) mass is 353 g/mol. The number of hydrogen-bond donors (Lipinski definition) is 1. The number of benzene rings is 2. The van der Waals surface area contributed by atoms with Crippen molar-refractivity contribution >= 4 is 20.8 Å². The Kier molecular flexibility index (Phi) is 4.03. The van der Waals surface area contributed by atoms with Crippen molar-refractivity contribution in [3.8, 4) is 11.1 Å². The zero-order valence-corrected chi connectivity index (χ0v) is 14.5. The van der Waals surface area contributed by atoms with Crippen molar-refractivity contribution in [3.63, 3.8) is 0 Å². The van der Waals surface area contributed by atoms with E-state index in [2.05, 4.69) is 4.98 Å². The summed E-state index contributed by atoms with van der Waals surface area (Å²) in [5, 5.41) is 1.50. The van der Waals surface area contributed by atoms with Gasteiger partial charge >= 0.3 is 0 Å². The average molecular weight is 353 g/mol. The molecule has 0 spiro atoms. The summed E-state index contributed by atoms with van der Waals surface area (Å²) in [6.45, 7) is 0.464. The molecular weight excluding hydrogens is 334 g/mol. The van der Waals surface area contributed by atoms with E-state index in [0.717, 1.165) is 22.9 Å². The van der Waals surface area contributed by atoms with E-state index in [1.54, 1.807) is 24.5 Å². The predicted octanol–water partition coefficient (Wildman–Crippen LogP) is 2.97. The second-order valence-electron chi connectivity index (χ2n) is 6.23. The number of aromatic nitrogens is 1. The number of nitrogens with zero attached hydrogens (tertiary/aromatic N) is 2. The van der Waals surface area contributed by atoms with Gasteiger partial charge in [-0.25, -0.2) is 8.42 Å². The van der Waals surface area contributed by atoms with Crippen LogP contribution in [0.3, 0.4) is 0 Å². The molecule has 128 valence electrons. The van der Waals surface area contributed by atoms with Crippen LogP contribution in [-0.4, -0.2) is 30.4 Å². The molecular formula is C19H19N3O2S. The highest BCUT2D eigenvalue weighted by molar-refractivity contribution is 7.89. The fourth-order valence-corrected chi connectivity index (χ4v) is 5.26. The van der Waals surface area contributed by atoms with Gasteiger partial charge in [-0.3, -0.25) is 4.98 Å². The topological polar surface area (TPSA) is 76.3 Å². The van der Waals surface area contributed by atoms with E-state index >= 15 is 0 Å². The van der Waals surface area contributed by atoms with Gasteiger partial charge < -0.3 is 5.73 Å². The molecule has 6 heteroatoms. The smallest absolute Gasteiger partial charge is 0.245 e. The molecule has 1 atom stereocenters. The van der Waals surface area contributed by atoms with Crippen LogP contribution in [0.4, 0.5) is 0 Å². The third kappa shape index (κ3) is 2.72. The first-order valence-corrected chi connectivity index (χ1v) is 9.72. The molecule has 1 fully saturated rings. The Morgan fingerprint density at radius 3 is 2.56 bits per heavy atom. The summed E-state index contributed by atoms with van der Waals surface area (Å²) >= 11 is 0. The Hall–Kier alpha value is -2.28. The van der Waals surface area contributed by atoms with Crippen LogP contribution in [-0.2, 0) is 10.0 Å². The molecule has 1 saturated heterocycles. The standard InChI is InChI=1S/C19H19N3O2S/c20-18-10-5-11-22(18)25(23,24)17-9-4-8-15-12-21-13-16(19(15)17)14-6-2-1-3-7-14/h1-4,6-9,12-13,18H,5,10-11,20H2. The Morgan fingerprint density at radius 1 is 1.04 bits per heavy atom. The first-order valence-electron chi connectivity index (χ1n) is 8.28. The van der Waals surface area contributed by atoms with E-state index in [1.165, 1.54) is 4.31 Å². The van der Waals surface area contributed by atoms with E-state index in [-0.39, 0.29) is 0 Å². The van der Waals surface area contributed by atoms with Crippen LogP contribution < -0.4 is 5.73 Å². The van der Waals surface area contributed by atoms with Crippen LogP contribution >= 0.6 is 0 Å². The quantitative estimate of drug-likeness (QED) is 0.785. The fraction of sp³-hybridized carbons (Fsp3) is 0.211. The molecule has 1 aliphatic heterocycles. The molecule has 1 aliphatic rings. The van der Waals surface area contributed by atoms with Gasteiger partial charge in [0.1, 0.15) is 0 Å². The maximum Gasteiger partial charge on any atom is 0.245 e. The number of hydrogen-bond acceptors (Lipinski definition) is 4. The average Bonchev–Trinajstić information content (AvgIpc) is 3.08. The van der Waals surface area contributed by atoms with Gasteiger partial charge in [0, 0.05) is 35.3 Å². The summed E-state index contributed by atoms with van der Waals surface area (Å²) in [6, 6.07) is 15.0. The second kappa shape index (κ2) is 6.22. The molecule has 1 aromatic heterocycles. The summed E-state index contributed by atoms with van der Waals surface area (Å²) in [5.41, 5.74) is 7.78. The summed E-state index contributed by atoms with van der Waals surface area (Å²) in [4.78, 5) is 4.59. The van der Waals surface area contributed by atoms with Gasteiger partial charge in [-0.2, -0.15) is 4.31 Å². The van der Waals surface area contributed by atoms with E-state index in [9.17, 15) is 8.42 Å². The zero-order valence-electron chi connectivity index (χ0n) is 13.7. The van der Waals surface area contributed by atoms with Crippen LogP contribution in [0.1, 0.15) is 12.8 Å². The van der Waals surface area contributed by atoms with Crippen molar-refractivity contribution in [3.05, 3.63) is 60.9 Å². The minimum absolute atomic E-state index is 0.295. The van der Waals surface area contributed by atoms with Gasteiger partial charge in [-0.1, -0.05) is 42.5 Å². The maximum atomic E-state index is 13.3. The lowest BCUT2D eigenvalue weighted by Gasteiger charge is -2.22. The van der Waals surface area contributed by atoms with Gasteiger partial charge in [0.05, 0.1) is 11.1 Å². The van der Waals surface area contributed by atoms with Crippen molar-refractivity contribution in [1.29, 1.82) is 0 Å². The molecule has 5 nitrogen and oxygen atoms in total. The lowest BCUT2D eigenvalue weighted by atomic mass is 10.0. The first-order chi connectivity index (χ1) is 12.1. The van der Waals surface area contributed by atoms with Crippen molar-refractivity contribution in [2.45, 2.75) is 23.9 Å². The summed E-state index contributed by atoms with van der Waals surface area (Å²) in [5.74, 6) is 0. The Balaban J connectivity index is 1.99. The Labute approximate surface area is 147 Å². The van der Waals surface area contributed by atoms with Gasteiger partial charge in [-0.15, -0.1) is 0 Å². The highest BCUT2D eigenvalue weighted by atomic mass is 32.2. The van der Waals surface area contributed by atoms with Gasteiger partial charge in [-0.05, 0) is 24.5 Å². The third-order valence-electron chi connectivity index (χ3n) is 4.66. The minimum Gasteiger partial charge on any atom is -0.315 e. The van der Waals surface area contributed by atoms with E-state index in [4.69, 9.17) is 5.73 Å². The number of nitrogens with two attached hydrogens (primary N) is 1. The molecule has 0 radical (unpaired) electrons. The van der Waals surface area contributed by atoms with Crippen molar-refractivity contribution in [1.82, 2.24) is 9.29 Å². The largest absolute Gasteiger partial charge is 0.315 e. The van der Waals surface area contributed by atoms with Crippen molar-refractivity contribution in [2.75, 3.05) is 6.54 Å². The Morgan fingerprint density at radius 2 is 1.84 bits per heavy atom. The number of pyridine rings is 1. The molecule has 0 bridgehead atoms. The SMILES string of the molecule is NC1CCCN1S(=O)(=O)c1cccc2cncc(-c3ccccc3)c12. The van der Waals surface area contributed by atoms with E-state index in [0.29, 0.717) is 23.2 Å². The molecule has 4 rings (SSSR count). The molecule has 1 unspecified atom stereocenters. The molecule has 2 aromatic carbocycles. The highest BCUT2D eigenvalue weighted by Crippen LogP contribution is 2.35. The van der Waals surface area contributed by atoms with Gasteiger partial charge in [0.15, 0.2) is 0 Å². The molecule has 0 aliphatic carbocycles. The van der Waals surface area contributed by atoms with Crippen molar-refractivity contribution < 1.29 is 8.42 Å². The fourth-order valence-electron chi connectivity index (χ4n) is 3.44. The number of sulfonamides is 1. The van der Waals surface area contributed by atoms with E-state index in [1.807, 2.05) is 36.4 Å². The zero-order chi connectivity index (χ0) is 17.4. The summed E-state index contributed by atoms with van der Waals surface area (Å²) in [7, 11) is -3.66. The molecule has 25 heavy (non-hydrogen) atoms. The summed E-state index contributed by atoms with van der Waals surface area (Å²) in [6.07, 6.45) is 4.45. The van der Waals surface area contributed by atoms with E-state index < -0.39 is 16.2 Å². The Bertz CT molecular complexity index is 1010. The van der Waals surface area contributed by atoms with Gasteiger partial charge in [0.25, 0.3) is 0 Å². The molecule has 2 N–H and O–H groups in total. The number of fused-ring (bicyclic) bond motifs is 1. The number of rotatable bonds is 3. The van der Waals surface area contributed by atoms with Crippen molar-refractivity contribution in [2.24, 2.45) is 5.73 Å². The predicted molar refractivity (Wildman–Crippen MR) is 98.3 cm³/mol. The van der Waals surface area contributed by atoms with Crippen LogP contribution in [0.15, 0.2) is 65.8 Å². The lowest BCUT2D eigenvalue weighted by molar-refractivity contribution is 0.396. The maximum absolute atomic E-state index is 13.3. The normalized spacial score (nSPS) is 18.7. The third-order valence-corrected chi connectivity index (χ3v) is 6.63. The van der Waals surface area contributed by atoms with Crippen LogP contribution in [0.2, 0.25) is 0 Å². The van der Waals surface area contributed by atoms with Crippen LogP contribution in [0.25, 0.3) is 21.9 Å². The molecule has 0 saturated carbocycles. The van der Waals surface area contributed by atoms with Gasteiger partial charge in [0.2, 0.25) is 10.0 Å². The summed E-state index contributed by atoms with van der Waals surface area (Å²) < 4.78 is 27.9.